The summed E-state index contributed by atoms with van der Waals surface area (Å²) >= 11 is 0. The Morgan fingerprint density at radius 1 is 0.844 bits per heavy atom. The van der Waals surface area contributed by atoms with E-state index in [1.165, 1.54) is 0 Å². The van der Waals surface area contributed by atoms with E-state index >= 15 is 0 Å². The molecule has 0 radical (unpaired) electrons. The van der Waals surface area contributed by atoms with Crippen molar-refractivity contribution < 1.29 is 24.6 Å². The summed E-state index contributed by atoms with van der Waals surface area (Å²) in [6.07, 6.45) is -0.319. The SMILES string of the molecule is Cc1cc(C(=O)C[C@@H](Cc2ccccc2)[C@H](O)CN[C@H](C(=O)CCC(C)C)[C@H](C)O)cc(C(=O)N(C)[C@H](C)c2ccccc2)c1. The van der Waals surface area contributed by atoms with Crippen LogP contribution in [0.1, 0.15) is 90.4 Å². The van der Waals surface area contributed by atoms with Crippen LogP contribution in [0.5, 0.6) is 0 Å². The van der Waals surface area contributed by atoms with Gasteiger partial charge in [-0.3, -0.25) is 14.4 Å². The Labute approximate surface area is 268 Å². The molecule has 5 atom stereocenters. The average Bonchev–Trinajstić information content (AvgIpc) is 3.02. The van der Waals surface area contributed by atoms with E-state index in [1.54, 1.807) is 37.1 Å². The molecule has 3 rings (SSSR count). The van der Waals surface area contributed by atoms with E-state index in [9.17, 15) is 24.6 Å². The largest absolute Gasteiger partial charge is 0.391 e. The number of aryl methyl sites for hydroxylation is 1. The number of Topliss-reactive ketones (excluding diaryl/α,β-unsaturated/α-hetero) is 2. The third-order valence-electron chi connectivity index (χ3n) is 8.51. The van der Waals surface area contributed by atoms with Gasteiger partial charge in [0.25, 0.3) is 5.91 Å². The third-order valence-corrected chi connectivity index (χ3v) is 8.51. The van der Waals surface area contributed by atoms with Crippen molar-refractivity contribution in [3.05, 3.63) is 107 Å². The first-order chi connectivity index (χ1) is 21.4. The Bertz CT molecular complexity index is 1390. The van der Waals surface area contributed by atoms with Gasteiger partial charge in [0.2, 0.25) is 0 Å². The van der Waals surface area contributed by atoms with Crippen molar-refractivity contribution in [3.8, 4) is 0 Å². The van der Waals surface area contributed by atoms with E-state index in [-0.39, 0.29) is 36.5 Å². The summed E-state index contributed by atoms with van der Waals surface area (Å²) in [5, 5.41) is 24.8. The molecule has 1 amide bonds. The summed E-state index contributed by atoms with van der Waals surface area (Å²) in [5.41, 5.74) is 3.65. The van der Waals surface area contributed by atoms with Gasteiger partial charge in [0.05, 0.1) is 24.3 Å². The topological polar surface area (TPSA) is 107 Å². The fourth-order valence-electron chi connectivity index (χ4n) is 5.57. The predicted octanol–water partition coefficient (Wildman–Crippen LogP) is 5.97. The number of carbonyl (C=O) groups excluding carboxylic acids is 3. The highest BCUT2D eigenvalue weighted by Crippen LogP contribution is 2.24. The van der Waals surface area contributed by atoms with E-state index < -0.39 is 24.2 Å². The highest BCUT2D eigenvalue weighted by Gasteiger charge is 2.28. The predicted molar refractivity (Wildman–Crippen MR) is 179 cm³/mol. The van der Waals surface area contributed by atoms with Crippen LogP contribution in [0.3, 0.4) is 0 Å². The molecule has 0 saturated carbocycles. The van der Waals surface area contributed by atoms with Crippen molar-refractivity contribution in [1.82, 2.24) is 10.2 Å². The number of carbonyl (C=O) groups is 3. The molecule has 45 heavy (non-hydrogen) atoms. The lowest BCUT2D eigenvalue weighted by molar-refractivity contribution is -0.123. The lowest BCUT2D eigenvalue weighted by Gasteiger charge is -2.27. The van der Waals surface area contributed by atoms with Crippen LogP contribution in [-0.4, -0.2) is 64.4 Å². The molecule has 0 saturated heterocycles. The molecule has 0 aliphatic rings. The van der Waals surface area contributed by atoms with Crippen molar-refractivity contribution in [2.75, 3.05) is 13.6 Å². The Morgan fingerprint density at radius 2 is 1.44 bits per heavy atom. The van der Waals surface area contributed by atoms with E-state index in [0.29, 0.717) is 29.9 Å². The first kappa shape index (κ1) is 35.8. The van der Waals surface area contributed by atoms with Crippen LogP contribution in [0.2, 0.25) is 0 Å². The summed E-state index contributed by atoms with van der Waals surface area (Å²) in [6, 6.07) is 23.7. The number of aliphatic hydroxyl groups excluding tert-OH is 2. The van der Waals surface area contributed by atoms with Gasteiger partial charge in [-0.1, -0.05) is 74.5 Å². The van der Waals surface area contributed by atoms with Crippen LogP contribution in [-0.2, 0) is 11.2 Å². The summed E-state index contributed by atoms with van der Waals surface area (Å²) in [5.74, 6) is -0.550. The van der Waals surface area contributed by atoms with E-state index in [0.717, 1.165) is 23.1 Å². The molecule has 0 aromatic heterocycles. The first-order valence-electron chi connectivity index (χ1n) is 16.0. The Kier molecular flexibility index (Phi) is 13.7. The molecule has 7 nitrogen and oxygen atoms in total. The molecule has 0 aliphatic heterocycles. The fourth-order valence-corrected chi connectivity index (χ4v) is 5.57. The van der Waals surface area contributed by atoms with Crippen molar-refractivity contribution in [2.45, 2.75) is 84.6 Å². The fraction of sp³-hybridized carbons (Fsp3) is 0.447. The number of rotatable bonds is 17. The molecule has 3 N–H and O–H groups in total. The van der Waals surface area contributed by atoms with Gasteiger partial charge in [-0.25, -0.2) is 0 Å². The second-order valence-electron chi connectivity index (χ2n) is 12.8. The first-order valence-corrected chi connectivity index (χ1v) is 16.0. The zero-order chi connectivity index (χ0) is 33.1. The van der Waals surface area contributed by atoms with Crippen molar-refractivity contribution in [2.24, 2.45) is 11.8 Å². The number of benzene rings is 3. The van der Waals surface area contributed by atoms with Crippen molar-refractivity contribution in [3.63, 3.8) is 0 Å². The molecule has 0 fully saturated rings. The smallest absolute Gasteiger partial charge is 0.254 e. The van der Waals surface area contributed by atoms with Gasteiger partial charge < -0.3 is 20.4 Å². The standard InChI is InChI=1S/C38H50N2O5/c1-25(2)17-18-34(42)37(28(5)41)39-24-36(44)32(21-29-13-9-7-10-14-29)23-35(43)31-19-26(3)20-33(22-31)38(45)40(6)27(4)30-15-11-8-12-16-30/h7-16,19-20,22,25,27-28,32,36-37,39,41,44H,17-18,21,23-24H2,1-6H3/t27-,28+,32-,36-,37+/m1/s1. The lowest BCUT2D eigenvalue weighted by Crippen LogP contribution is -2.49. The second-order valence-corrected chi connectivity index (χ2v) is 12.8. The molecule has 0 aliphatic carbocycles. The zero-order valence-corrected chi connectivity index (χ0v) is 27.6. The molecular weight excluding hydrogens is 564 g/mol. The Morgan fingerprint density at radius 3 is 2.04 bits per heavy atom. The minimum absolute atomic E-state index is 0.0473. The monoisotopic (exact) mass is 614 g/mol. The number of amides is 1. The zero-order valence-electron chi connectivity index (χ0n) is 27.6. The Hall–Kier alpha value is -3.65. The van der Waals surface area contributed by atoms with Crippen molar-refractivity contribution >= 4 is 17.5 Å². The van der Waals surface area contributed by atoms with Crippen LogP contribution in [0.25, 0.3) is 0 Å². The van der Waals surface area contributed by atoms with E-state index in [2.05, 4.69) is 5.32 Å². The summed E-state index contributed by atoms with van der Waals surface area (Å²) < 4.78 is 0. The number of aliphatic hydroxyl groups is 2. The van der Waals surface area contributed by atoms with Gasteiger partial charge >= 0.3 is 0 Å². The highest BCUT2D eigenvalue weighted by molar-refractivity contribution is 6.01. The summed E-state index contributed by atoms with van der Waals surface area (Å²) in [4.78, 5) is 41.8. The number of hydrogen-bond donors (Lipinski definition) is 3. The van der Waals surface area contributed by atoms with Gasteiger partial charge in [-0.15, -0.1) is 0 Å². The van der Waals surface area contributed by atoms with E-state index in [4.69, 9.17) is 0 Å². The molecule has 0 unspecified atom stereocenters. The molecule has 242 valence electrons. The molecule has 0 heterocycles. The molecule has 0 spiro atoms. The summed E-state index contributed by atoms with van der Waals surface area (Å²) in [6.45, 7) is 9.54. The maximum absolute atomic E-state index is 13.8. The Balaban J connectivity index is 1.79. The number of ketones is 2. The number of hydrogen-bond acceptors (Lipinski definition) is 6. The molecule has 3 aromatic rings. The van der Waals surface area contributed by atoms with Crippen LogP contribution in [0, 0.1) is 18.8 Å². The third kappa shape index (κ3) is 10.7. The highest BCUT2D eigenvalue weighted by atomic mass is 16.3. The van der Waals surface area contributed by atoms with Crippen molar-refractivity contribution in [1.29, 1.82) is 0 Å². The maximum atomic E-state index is 13.8. The normalized spacial score (nSPS) is 14.8. The number of nitrogens with zero attached hydrogens (tertiary/aromatic N) is 1. The van der Waals surface area contributed by atoms with Crippen LogP contribution in [0.4, 0.5) is 0 Å². The molecule has 0 bridgehead atoms. The number of nitrogens with one attached hydrogen (secondary N) is 1. The quantitative estimate of drug-likeness (QED) is 0.162. The van der Waals surface area contributed by atoms with Gasteiger partial charge in [0.15, 0.2) is 11.6 Å². The van der Waals surface area contributed by atoms with Gasteiger partial charge in [0.1, 0.15) is 0 Å². The van der Waals surface area contributed by atoms with Gasteiger partial charge in [0, 0.05) is 37.6 Å². The molecule has 7 heteroatoms. The van der Waals surface area contributed by atoms with Gasteiger partial charge in [-0.2, -0.15) is 0 Å². The molecule has 3 aromatic carbocycles. The molecular formula is C38H50N2O5. The van der Waals surface area contributed by atoms with Gasteiger partial charge in [-0.05, 0) is 80.3 Å². The second kappa shape index (κ2) is 17.2. The van der Waals surface area contributed by atoms with E-state index in [1.807, 2.05) is 88.4 Å². The lowest BCUT2D eigenvalue weighted by atomic mass is 9.87. The van der Waals surface area contributed by atoms with Crippen LogP contribution >= 0.6 is 0 Å². The van der Waals surface area contributed by atoms with Crippen LogP contribution in [0.15, 0.2) is 78.9 Å². The summed E-state index contributed by atoms with van der Waals surface area (Å²) in [7, 11) is 1.76. The average molecular weight is 615 g/mol. The minimum Gasteiger partial charge on any atom is -0.391 e. The minimum atomic E-state index is -0.961. The maximum Gasteiger partial charge on any atom is 0.254 e. The van der Waals surface area contributed by atoms with Crippen LogP contribution < -0.4 is 5.32 Å².